The minimum atomic E-state index is -2.47. The van der Waals surface area contributed by atoms with Gasteiger partial charge in [0.1, 0.15) is 0 Å². The van der Waals surface area contributed by atoms with Gasteiger partial charge in [0, 0.05) is 49.0 Å². The highest BCUT2D eigenvalue weighted by Crippen LogP contribution is 2.43. The van der Waals surface area contributed by atoms with Gasteiger partial charge in [-0.15, -0.1) is 0 Å². The third kappa shape index (κ3) is 4.13. The highest BCUT2D eigenvalue weighted by molar-refractivity contribution is 5.65. The van der Waals surface area contributed by atoms with Gasteiger partial charge in [-0.2, -0.15) is 0 Å². The molecule has 3 aromatic rings. The summed E-state index contributed by atoms with van der Waals surface area (Å²) in [7, 11) is 2.13. The molecule has 5 nitrogen and oxygen atoms in total. The highest BCUT2D eigenvalue weighted by atomic mass is 19.3. The largest absolute Gasteiger partial charge is 0.477 e. The number of anilines is 1. The average Bonchev–Trinajstić information content (AvgIpc) is 2.84. The number of aromatic nitrogens is 2. The van der Waals surface area contributed by atoms with Crippen molar-refractivity contribution in [2.45, 2.75) is 38.2 Å². The zero-order valence-electron chi connectivity index (χ0n) is 19.7. The van der Waals surface area contributed by atoms with Gasteiger partial charge in [0.05, 0.1) is 23.6 Å². The van der Waals surface area contributed by atoms with E-state index in [0.29, 0.717) is 18.2 Å². The fourth-order valence-electron chi connectivity index (χ4n) is 5.57. The van der Waals surface area contributed by atoms with Crippen LogP contribution in [-0.4, -0.2) is 48.2 Å². The number of likely N-dealkylation sites (N-methyl/N-ethyl adjacent to an activating group) is 1. The molecule has 0 aliphatic carbocycles. The van der Waals surface area contributed by atoms with Gasteiger partial charge < -0.3 is 9.64 Å². The molecule has 4 heterocycles. The molecule has 1 aromatic carbocycles. The van der Waals surface area contributed by atoms with E-state index in [9.17, 15) is 8.78 Å². The lowest BCUT2D eigenvalue weighted by molar-refractivity contribution is 0.151. The molecule has 34 heavy (non-hydrogen) atoms. The normalized spacial score (nSPS) is 17.7. The van der Waals surface area contributed by atoms with Gasteiger partial charge in [0.15, 0.2) is 0 Å². The first-order valence-electron chi connectivity index (χ1n) is 11.9. The number of piperidine rings is 1. The van der Waals surface area contributed by atoms with Crippen LogP contribution >= 0.6 is 0 Å². The number of pyridine rings is 2. The summed E-state index contributed by atoms with van der Waals surface area (Å²) >= 11 is 0. The zero-order valence-corrected chi connectivity index (χ0v) is 19.7. The van der Waals surface area contributed by atoms with Crippen molar-refractivity contribution in [1.82, 2.24) is 14.9 Å². The Bertz CT molecular complexity index is 1160. The Hall–Kier alpha value is -3.06. The molecule has 0 amide bonds. The van der Waals surface area contributed by atoms with Crippen molar-refractivity contribution >= 4 is 5.69 Å². The van der Waals surface area contributed by atoms with Gasteiger partial charge in [-0.3, -0.25) is 9.88 Å². The SMILES string of the molecule is CCOc1ncccc1-c1ccc2c(n1)CN(C)CC21CCN(c2ccccc2C(F)F)CC1. The lowest BCUT2D eigenvalue weighted by Crippen LogP contribution is -2.51. The first-order valence-corrected chi connectivity index (χ1v) is 11.9. The van der Waals surface area contributed by atoms with E-state index in [0.717, 1.165) is 56.0 Å². The fraction of sp³-hybridized carbons (Fsp3) is 0.407. The standard InChI is InChI=1S/C27H30F2N4O/c1-3-34-26-19(8-6-14-30-26)22-11-10-21-23(31-22)17-32(2)18-27(21)12-15-33(16-13-27)24-9-5-4-7-20(24)25(28)29/h4-11,14,25H,3,12-13,15-18H2,1-2H3. The number of para-hydroxylation sites is 1. The molecule has 0 radical (unpaired) electrons. The van der Waals surface area contributed by atoms with Crippen molar-refractivity contribution < 1.29 is 13.5 Å². The minimum Gasteiger partial charge on any atom is -0.477 e. The molecule has 2 aliphatic rings. The molecule has 7 heteroatoms. The van der Waals surface area contributed by atoms with Crippen LogP contribution in [0.2, 0.25) is 0 Å². The second-order valence-electron chi connectivity index (χ2n) is 9.28. The molecule has 1 fully saturated rings. The molecule has 178 valence electrons. The summed E-state index contributed by atoms with van der Waals surface area (Å²) in [5, 5.41) is 0. The number of halogens is 2. The molecular weight excluding hydrogens is 434 g/mol. The summed E-state index contributed by atoms with van der Waals surface area (Å²) in [6.07, 6.45) is 1.07. The number of hydrogen-bond donors (Lipinski definition) is 0. The first kappa shape index (κ1) is 22.7. The zero-order chi connectivity index (χ0) is 23.7. The van der Waals surface area contributed by atoms with Gasteiger partial charge in [-0.05, 0) is 56.6 Å². The summed E-state index contributed by atoms with van der Waals surface area (Å²) in [6.45, 7) is 5.72. The fourth-order valence-corrected chi connectivity index (χ4v) is 5.57. The number of alkyl halides is 2. The maximum atomic E-state index is 13.6. The predicted molar refractivity (Wildman–Crippen MR) is 129 cm³/mol. The summed E-state index contributed by atoms with van der Waals surface area (Å²) < 4.78 is 32.9. The van der Waals surface area contributed by atoms with E-state index < -0.39 is 6.43 Å². The molecule has 0 saturated carbocycles. The molecule has 0 N–H and O–H groups in total. The molecule has 0 bridgehead atoms. The van der Waals surface area contributed by atoms with Crippen LogP contribution in [0.5, 0.6) is 5.88 Å². The van der Waals surface area contributed by atoms with E-state index in [2.05, 4.69) is 34.0 Å². The minimum absolute atomic E-state index is 0.0260. The number of benzene rings is 1. The smallest absolute Gasteiger partial charge is 0.265 e. The quantitative estimate of drug-likeness (QED) is 0.501. The maximum Gasteiger partial charge on any atom is 0.265 e. The van der Waals surface area contributed by atoms with Crippen LogP contribution in [0, 0.1) is 0 Å². The van der Waals surface area contributed by atoms with Crippen LogP contribution < -0.4 is 9.64 Å². The van der Waals surface area contributed by atoms with E-state index in [1.54, 1.807) is 12.3 Å². The number of nitrogens with zero attached hydrogens (tertiary/aromatic N) is 4. The summed E-state index contributed by atoms with van der Waals surface area (Å²) in [6, 6.07) is 15.1. The van der Waals surface area contributed by atoms with Crippen molar-refractivity contribution in [2.24, 2.45) is 0 Å². The number of fused-ring (bicyclic) bond motifs is 2. The Labute approximate surface area is 199 Å². The molecule has 2 aromatic heterocycles. The van der Waals surface area contributed by atoms with Gasteiger partial charge in [-0.25, -0.2) is 13.8 Å². The van der Waals surface area contributed by atoms with Crippen LogP contribution in [0.3, 0.4) is 0 Å². The highest BCUT2D eigenvalue weighted by Gasteiger charge is 2.42. The Kier molecular flexibility index (Phi) is 6.21. The maximum absolute atomic E-state index is 13.6. The Morgan fingerprint density at radius 2 is 1.85 bits per heavy atom. The topological polar surface area (TPSA) is 41.5 Å². The van der Waals surface area contributed by atoms with E-state index in [4.69, 9.17) is 9.72 Å². The second-order valence-corrected chi connectivity index (χ2v) is 9.28. The third-order valence-corrected chi connectivity index (χ3v) is 7.10. The van der Waals surface area contributed by atoms with Crippen molar-refractivity contribution in [3.8, 4) is 17.1 Å². The number of hydrogen-bond acceptors (Lipinski definition) is 5. The van der Waals surface area contributed by atoms with Gasteiger partial charge in [0.2, 0.25) is 5.88 Å². The average molecular weight is 465 g/mol. The Morgan fingerprint density at radius 3 is 2.62 bits per heavy atom. The van der Waals surface area contributed by atoms with E-state index in [1.807, 2.05) is 31.2 Å². The van der Waals surface area contributed by atoms with Gasteiger partial charge >= 0.3 is 0 Å². The molecule has 1 spiro atoms. The van der Waals surface area contributed by atoms with Crippen molar-refractivity contribution in [3.05, 3.63) is 71.5 Å². The lowest BCUT2D eigenvalue weighted by atomic mass is 9.69. The number of rotatable bonds is 5. The van der Waals surface area contributed by atoms with E-state index in [-0.39, 0.29) is 11.0 Å². The van der Waals surface area contributed by atoms with Gasteiger partial charge in [0.25, 0.3) is 6.43 Å². The lowest BCUT2D eigenvalue weighted by Gasteiger charge is -2.48. The molecule has 2 aliphatic heterocycles. The molecule has 0 atom stereocenters. The van der Waals surface area contributed by atoms with Crippen LogP contribution in [0.1, 0.15) is 43.0 Å². The van der Waals surface area contributed by atoms with Gasteiger partial charge in [-0.1, -0.05) is 24.3 Å². The molecule has 1 saturated heterocycles. The molecular formula is C27H30F2N4O. The number of ether oxygens (including phenoxy) is 1. The second kappa shape index (κ2) is 9.29. The third-order valence-electron chi connectivity index (χ3n) is 7.10. The van der Waals surface area contributed by atoms with Crippen LogP contribution in [-0.2, 0) is 12.0 Å². The first-order chi connectivity index (χ1) is 16.5. The Balaban J connectivity index is 1.44. The summed E-state index contributed by atoms with van der Waals surface area (Å²) in [5.41, 5.74) is 4.88. The van der Waals surface area contributed by atoms with Crippen LogP contribution in [0.15, 0.2) is 54.7 Å². The monoisotopic (exact) mass is 464 g/mol. The van der Waals surface area contributed by atoms with Crippen molar-refractivity contribution in [2.75, 3.05) is 38.2 Å². The van der Waals surface area contributed by atoms with E-state index >= 15 is 0 Å². The van der Waals surface area contributed by atoms with Crippen molar-refractivity contribution in [1.29, 1.82) is 0 Å². The van der Waals surface area contributed by atoms with Crippen molar-refractivity contribution in [3.63, 3.8) is 0 Å². The van der Waals surface area contributed by atoms with Crippen LogP contribution in [0.25, 0.3) is 11.3 Å². The van der Waals surface area contributed by atoms with E-state index in [1.165, 1.54) is 11.6 Å². The molecule has 5 rings (SSSR count). The predicted octanol–water partition coefficient (Wildman–Crippen LogP) is 5.46. The van der Waals surface area contributed by atoms with Crippen LogP contribution in [0.4, 0.5) is 14.5 Å². The summed E-state index contributed by atoms with van der Waals surface area (Å²) in [4.78, 5) is 13.9. The molecule has 0 unspecified atom stereocenters. The summed E-state index contributed by atoms with van der Waals surface area (Å²) in [5.74, 6) is 0.599. The Morgan fingerprint density at radius 1 is 1.06 bits per heavy atom.